The molecule has 0 saturated carbocycles. The van der Waals surface area contributed by atoms with E-state index in [0.717, 1.165) is 31.1 Å². The van der Waals surface area contributed by atoms with Crippen molar-refractivity contribution in [3.63, 3.8) is 0 Å². The van der Waals surface area contributed by atoms with E-state index in [2.05, 4.69) is 12.2 Å². The van der Waals surface area contributed by atoms with Crippen LogP contribution in [0.2, 0.25) is 0 Å². The molecule has 0 fully saturated rings. The number of hydrogen-bond donors (Lipinski definition) is 1. The Balaban J connectivity index is 1.59. The van der Waals surface area contributed by atoms with Gasteiger partial charge in [-0.1, -0.05) is 18.2 Å². The van der Waals surface area contributed by atoms with Gasteiger partial charge in [0.15, 0.2) is 0 Å². The topological polar surface area (TPSA) is 34.4 Å². The molecule has 1 aromatic carbocycles. The van der Waals surface area contributed by atoms with E-state index in [1.54, 1.807) is 6.26 Å². The van der Waals surface area contributed by atoms with Crippen LogP contribution in [0, 0.1) is 0 Å². The fraction of sp³-hybridized carbons (Fsp3) is 0.333. The Bertz CT molecular complexity index is 425. The van der Waals surface area contributed by atoms with E-state index in [0.29, 0.717) is 0 Å². The summed E-state index contributed by atoms with van der Waals surface area (Å²) in [5, 5.41) is 3.40. The van der Waals surface area contributed by atoms with Crippen LogP contribution < -0.4 is 10.1 Å². The average Bonchev–Trinajstić information content (AvgIpc) is 2.93. The zero-order valence-corrected chi connectivity index (χ0v) is 10.6. The highest BCUT2D eigenvalue weighted by Gasteiger charge is 2.06. The van der Waals surface area contributed by atoms with Crippen molar-refractivity contribution in [1.29, 1.82) is 0 Å². The molecule has 0 radical (unpaired) electrons. The van der Waals surface area contributed by atoms with Crippen molar-refractivity contribution in [3.8, 4) is 5.75 Å². The van der Waals surface area contributed by atoms with Gasteiger partial charge in [0, 0.05) is 0 Å². The predicted molar refractivity (Wildman–Crippen MR) is 71.7 cm³/mol. The maximum Gasteiger partial charge on any atom is 0.120 e. The van der Waals surface area contributed by atoms with E-state index in [-0.39, 0.29) is 6.04 Å². The molecule has 0 spiro atoms. The van der Waals surface area contributed by atoms with Crippen LogP contribution in [0.4, 0.5) is 0 Å². The van der Waals surface area contributed by atoms with Crippen LogP contribution in [-0.2, 0) is 0 Å². The lowest BCUT2D eigenvalue weighted by molar-refractivity contribution is 0.303. The van der Waals surface area contributed by atoms with Crippen LogP contribution in [0.1, 0.15) is 25.1 Å². The third kappa shape index (κ3) is 3.93. The summed E-state index contributed by atoms with van der Waals surface area (Å²) in [7, 11) is 0. The fourth-order valence-corrected chi connectivity index (χ4v) is 1.74. The van der Waals surface area contributed by atoms with E-state index in [1.807, 2.05) is 42.5 Å². The maximum absolute atomic E-state index is 5.62. The molecular formula is C15H19NO2. The molecule has 0 aliphatic carbocycles. The first-order valence-electron chi connectivity index (χ1n) is 6.31. The number of benzene rings is 1. The lowest BCUT2D eigenvalue weighted by Crippen LogP contribution is -2.21. The van der Waals surface area contributed by atoms with Gasteiger partial charge in [0.1, 0.15) is 11.5 Å². The maximum atomic E-state index is 5.62. The van der Waals surface area contributed by atoms with Crippen molar-refractivity contribution >= 4 is 0 Å². The minimum absolute atomic E-state index is 0.247. The molecule has 0 saturated heterocycles. The summed E-state index contributed by atoms with van der Waals surface area (Å²) in [6, 6.07) is 14.0. The molecule has 0 bridgehead atoms. The van der Waals surface area contributed by atoms with E-state index in [9.17, 15) is 0 Å². The Morgan fingerprint density at radius 1 is 1.17 bits per heavy atom. The second kappa shape index (κ2) is 6.87. The van der Waals surface area contributed by atoms with E-state index >= 15 is 0 Å². The summed E-state index contributed by atoms with van der Waals surface area (Å²) >= 11 is 0. The van der Waals surface area contributed by atoms with Gasteiger partial charge in [0.25, 0.3) is 0 Å². The second-order valence-electron chi connectivity index (χ2n) is 4.21. The number of rotatable bonds is 7. The Hall–Kier alpha value is -1.74. The molecule has 0 aliphatic heterocycles. The predicted octanol–water partition coefficient (Wildman–Crippen LogP) is 3.40. The first-order chi connectivity index (χ1) is 8.86. The van der Waals surface area contributed by atoms with Gasteiger partial charge < -0.3 is 14.5 Å². The second-order valence-corrected chi connectivity index (χ2v) is 4.21. The van der Waals surface area contributed by atoms with Crippen molar-refractivity contribution in [3.05, 3.63) is 54.5 Å². The SMILES string of the molecule is CC(NCCCOc1ccccc1)c1ccco1. The lowest BCUT2D eigenvalue weighted by atomic mass is 10.2. The van der Waals surface area contributed by atoms with Crippen molar-refractivity contribution in [2.75, 3.05) is 13.2 Å². The highest BCUT2D eigenvalue weighted by atomic mass is 16.5. The van der Waals surface area contributed by atoms with Gasteiger partial charge in [-0.25, -0.2) is 0 Å². The van der Waals surface area contributed by atoms with Gasteiger partial charge in [0.05, 0.1) is 18.9 Å². The normalized spacial score (nSPS) is 12.3. The molecule has 96 valence electrons. The van der Waals surface area contributed by atoms with Crippen molar-refractivity contribution < 1.29 is 9.15 Å². The van der Waals surface area contributed by atoms with E-state index in [1.165, 1.54) is 0 Å². The number of furan rings is 1. The molecule has 1 heterocycles. The Morgan fingerprint density at radius 3 is 2.72 bits per heavy atom. The third-order valence-corrected chi connectivity index (χ3v) is 2.75. The minimum atomic E-state index is 0.247. The standard InChI is InChI=1S/C15H19NO2/c1-13(15-9-5-11-18-15)16-10-6-12-17-14-7-3-2-4-8-14/h2-5,7-9,11,13,16H,6,10,12H2,1H3. The largest absolute Gasteiger partial charge is 0.494 e. The minimum Gasteiger partial charge on any atom is -0.494 e. The molecular weight excluding hydrogens is 226 g/mol. The third-order valence-electron chi connectivity index (χ3n) is 2.75. The van der Waals surface area contributed by atoms with Crippen LogP contribution in [-0.4, -0.2) is 13.2 Å². The fourth-order valence-electron chi connectivity index (χ4n) is 1.74. The van der Waals surface area contributed by atoms with Gasteiger partial charge in [-0.3, -0.25) is 0 Å². The lowest BCUT2D eigenvalue weighted by Gasteiger charge is -2.11. The van der Waals surface area contributed by atoms with Crippen LogP contribution in [0.25, 0.3) is 0 Å². The zero-order chi connectivity index (χ0) is 12.6. The summed E-state index contributed by atoms with van der Waals surface area (Å²) in [6.07, 6.45) is 2.67. The first-order valence-corrected chi connectivity index (χ1v) is 6.31. The van der Waals surface area contributed by atoms with Crippen LogP contribution in [0.15, 0.2) is 53.1 Å². The molecule has 1 N–H and O–H groups in total. The Kier molecular flexibility index (Phi) is 4.85. The zero-order valence-electron chi connectivity index (χ0n) is 10.6. The molecule has 3 heteroatoms. The van der Waals surface area contributed by atoms with Crippen molar-refractivity contribution in [1.82, 2.24) is 5.32 Å². The smallest absolute Gasteiger partial charge is 0.120 e. The molecule has 2 aromatic rings. The average molecular weight is 245 g/mol. The Morgan fingerprint density at radius 2 is 2.00 bits per heavy atom. The van der Waals surface area contributed by atoms with Crippen molar-refractivity contribution in [2.45, 2.75) is 19.4 Å². The summed E-state index contributed by atoms with van der Waals surface area (Å²) in [6.45, 7) is 3.73. The van der Waals surface area contributed by atoms with Crippen molar-refractivity contribution in [2.24, 2.45) is 0 Å². The molecule has 1 unspecified atom stereocenters. The highest BCUT2D eigenvalue weighted by molar-refractivity contribution is 5.20. The molecule has 1 atom stereocenters. The quantitative estimate of drug-likeness (QED) is 0.759. The van der Waals surface area contributed by atoms with E-state index in [4.69, 9.17) is 9.15 Å². The summed E-state index contributed by atoms with van der Waals surface area (Å²) in [5.74, 6) is 1.90. The number of nitrogens with one attached hydrogen (secondary N) is 1. The van der Waals surface area contributed by atoms with Gasteiger partial charge in [0.2, 0.25) is 0 Å². The molecule has 3 nitrogen and oxygen atoms in total. The number of ether oxygens (including phenoxy) is 1. The summed E-state index contributed by atoms with van der Waals surface area (Å²) in [4.78, 5) is 0. The van der Waals surface area contributed by atoms with E-state index < -0.39 is 0 Å². The van der Waals surface area contributed by atoms with Gasteiger partial charge in [-0.2, -0.15) is 0 Å². The molecule has 18 heavy (non-hydrogen) atoms. The summed E-state index contributed by atoms with van der Waals surface area (Å²) < 4.78 is 10.9. The molecule has 2 rings (SSSR count). The van der Waals surface area contributed by atoms with Gasteiger partial charge in [-0.15, -0.1) is 0 Å². The molecule has 0 amide bonds. The van der Waals surface area contributed by atoms with Crippen LogP contribution >= 0.6 is 0 Å². The molecule has 1 aromatic heterocycles. The van der Waals surface area contributed by atoms with Gasteiger partial charge >= 0.3 is 0 Å². The molecule has 0 aliphatic rings. The number of para-hydroxylation sites is 1. The first kappa shape index (κ1) is 12.7. The Labute approximate surface area is 108 Å². The number of hydrogen-bond acceptors (Lipinski definition) is 3. The monoisotopic (exact) mass is 245 g/mol. The summed E-state index contributed by atoms with van der Waals surface area (Å²) in [5.41, 5.74) is 0. The van der Waals surface area contributed by atoms with Crippen LogP contribution in [0.5, 0.6) is 5.75 Å². The van der Waals surface area contributed by atoms with Crippen LogP contribution in [0.3, 0.4) is 0 Å². The highest BCUT2D eigenvalue weighted by Crippen LogP contribution is 2.12. The van der Waals surface area contributed by atoms with Gasteiger partial charge in [-0.05, 0) is 44.2 Å².